The fourth-order valence-electron chi connectivity index (χ4n) is 4.41. The lowest BCUT2D eigenvalue weighted by Crippen LogP contribution is -2.39. The van der Waals surface area contributed by atoms with Crippen molar-refractivity contribution in [2.24, 2.45) is 0 Å². The van der Waals surface area contributed by atoms with E-state index in [0.717, 1.165) is 33.4 Å². The van der Waals surface area contributed by atoms with Crippen molar-refractivity contribution < 1.29 is 13.2 Å². The van der Waals surface area contributed by atoms with Crippen LogP contribution < -0.4 is 4.72 Å². The van der Waals surface area contributed by atoms with Crippen molar-refractivity contribution in [3.63, 3.8) is 0 Å². The van der Waals surface area contributed by atoms with Gasteiger partial charge in [-0.15, -0.1) is 0 Å². The number of hydrogen-bond donors (Lipinski definition) is 1. The summed E-state index contributed by atoms with van der Waals surface area (Å²) < 4.78 is 28.9. The summed E-state index contributed by atoms with van der Waals surface area (Å²) in [7, 11) is -3.83. The third kappa shape index (κ3) is 4.08. The molecule has 1 N–H and O–H groups in total. The summed E-state index contributed by atoms with van der Waals surface area (Å²) >= 11 is 0. The maximum atomic E-state index is 13.2. The predicted octanol–water partition coefficient (Wildman–Crippen LogP) is 4.41. The minimum atomic E-state index is -3.83. The molecule has 0 saturated carbocycles. The molecule has 3 aromatic carbocycles. The van der Waals surface area contributed by atoms with Crippen molar-refractivity contribution in [3.8, 4) is 11.1 Å². The highest BCUT2D eigenvalue weighted by Gasteiger charge is 2.26. The first-order valence-corrected chi connectivity index (χ1v) is 12.2. The van der Waals surface area contributed by atoms with Gasteiger partial charge < -0.3 is 4.90 Å². The predicted molar refractivity (Wildman–Crippen MR) is 127 cm³/mol. The van der Waals surface area contributed by atoms with Gasteiger partial charge in [-0.25, -0.2) is 13.1 Å². The van der Waals surface area contributed by atoms with Crippen LogP contribution in [0.2, 0.25) is 0 Å². The third-order valence-electron chi connectivity index (χ3n) is 6.38. The van der Waals surface area contributed by atoms with Crippen LogP contribution in [0.1, 0.15) is 33.4 Å². The van der Waals surface area contributed by atoms with Crippen LogP contribution in [-0.4, -0.2) is 25.8 Å². The molecule has 0 fully saturated rings. The van der Waals surface area contributed by atoms with E-state index in [2.05, 4.69) is 16.9 Å². The molecule has 5 nitrogen and oxygen atoms in total. The molecule has 0 atom stereocenters. The van der Waals surface area contributed by atoms with Crippen LogP contribution in [-0.2, 0) is 27.9 Å². The molecule has 1 aliphatic rings. The Morgan fingerprint density at radius 3 is 1.81 bits per heavy atom. The molecule has 3 aromatic rings. The van der Waals surface area contributed by atoms with Gasteiger partial charge in [-0.1, -0.05) is 54.6 Å². The van der Waals surface area contributed by atoms with Gasteiger partial charge in [0.05, 0.1) is 11.4 Å². The quantitative estimate of drug-likeness (QED) is 0.643. The first kappa shape index (κ1) is 22.2. The van der Waals surface area contributed by atoms with Crippen molar-refractivity contribution in [3.05, 3.63) is 88.0 Å². The molecule has 32 heavy (non-hydrogen) atoms. The highest BCUT2D eigenvalue weighted by molar-refractivity contribution is 7.89. The molecule has 0 unspecified atom stereocenters. The zero-order valence-electron chi connectivity index (χ0n) is 18.9. The summed E-state index contributed by atoms with van der Waals surface area (Å²) in [5.74, 6) is -0.250. The highest BCUT2D eigenvalue weighted by Crippen LogP contribution is 2.32. The Morgan fingerprint density at radius 2 is 1.31 bits per heavy atom. The van der Waals surface area contributed by atoms with E-state index in [-0.39, 0.29) is 17.3 Å². The number of fused-ring (bicyclic) bond motifs is 3. The smallest absolute Gasteiger partial charge is 0.241 e. The Hall–Kier alpha value is -2.96. The average molecular weight is 449 g/mol. The van der Waals surface area contributed by atoms with E-state index in [1.165, 1.54) is 0 Å². The van der Waals surface area contributed by atoms with E-state index < -0.39 is 10.0 Å². The number of aryl methyl sites for hydroxylation is 2. The van der Waals surface area contributed by atoms with Gasteiger partial charge in [0, 0.05) is 13.1 Å². The number of nitrogens with zero attached hydrogens (tertiary/aromatic N) is 1. The Labute approximate surface area is 190 Å². The number of benzene rings is 3. The number of hydrogen-bond acceptors (Lipinski definition) is 3. The SMILES string of the molecule is Cc1cc(C)c(C)c(S(=O)(=O)NCC(=O)N2Cc3ccccc3-c3ccccc3C2)c1C. The molecular weight excluding hydrogens is 420 g/mol. The average Bonchev–Trinajstić information content (AvgIpc) is 2.93. The first-order chi connectivity index (χ1) is 15.2. The summed E-state index contributed by atoms with van der Waals surface area (Å²) in [4.78, 5) is 15.1. The molecule has 166 valence electrons. The van der Waals surface area contributed by atoms with Crippen LogP contribution in [0.4, 0.5) is 0 Å². The molecule has 6 heteroatoms. The van der Waals surface area contributed by atoms with Crippen LogP contribution in [0.25, 0.3) is 11.1 Å². The summed E-state index contributed by atoms with van der Waals surface area (Å²) in [6.45, 7) is 8.01. The minimum Gasteiger partial charge on any atom is -0.333 e. The molecule has 0 radical (unpaired) electrons. The molecule has 0 saturated heterocycles. The van der Waals surface area contributed by atoms with Crippen molar-refractivity contribution in [2.45, 2.75) is 45.7 Å². The van der Waals surface area contributed by atoms with E-state index in [0.29, 0.717) is 24.2 Å². The number of carbonyl (C=O) groups is 1. The second kappa shape index (κ2) is 8.52. The largest absolute Gasteiger partial charge is 0.333 e. The van der Waals surface area contributed by atoms with E-state index in [1.807, 2.05) is 56.3 Å². The second-order valence-corrected chi connectivity index (χ2v) is 10.2. The Morgan fingerprint density at radius 1 is 0.844 bits per heavy atom. The topological polar surface area (TPSA) is 66.5 Å². The Bertz CT molecular complexity index is 1240. The Balaban J connectivity index is 1.60. The highest BCUT2D eigenvalue weighted by atomic mass is 32.2. The van der Waals surface area contributed by atoms with Gasteiger partial charge >= 0.3 is 0 Å². The monoisotopic (exact) mass is 448 g/mol. The van der Waals surface area contributed by atoms with E-state index >= 15 is 0 Å². The molecule has 0 spiro atoms. The molecule has 0 aromatic heterocycles. The summed E-state index contributed by atoms with van der Waals surface area (Å²) in [5.41, 5.74) is 7.59. The van der Waals surface area contributed by atoms with Gasteiger partial charge in [-0.3, -0.25) is 4.79 Å². The van der Waals surface area contributed by atoms with Crippen molar-refractivity contribution in [1.82, 2.24) is 9.62 Å². The normalized spacial score (nSPS) is 13.3. The molecule has 0 aliphatic carbocycles. The maximum absolute atomic E-state index is 13.2. The van der Waals surface area contributed by atoms with E-state index in [9.17, 15) is 13.2 Å². The van der Waals surface area contributed by atoms with Gasteiger partial charge in [0.2, 0.25) is 15.9 Å². The van der Waals surface area contributed by atoms with E-state index in [4.69, 9.17) is 0 Å². The van der Waals surface area contributed by atoms with Gasteiger partial charge in [-0.05, 0) is 72.2 Å². The fraction of sp³-hybridized carbons (Fsp3) is 0.269. The summed E-state index contributed by atoms with van der Waals surface area (Å²) in [5, 5.41) is 0. The van der Waals surface area contributed by atoms with Crippen molar-refractivity contribution in [2.75, 3.05) is 6.54 Å². The third-order valence-corrected chi connectivity index (χ3v) is 8.05. The van der Waals surface area contributed by atoms with Gasteiger partial charge in [0.25, 0.3) is 0 Å². The van der Waals surface area contributed by atoms with E-state index in [1.54, 1.807) is 18.7 Å². The minimum absolute atomic E-state index is 0.250. The Kier molecular flexibility index (Phi) is 5.93. The fourth-order valence-corrected chi connectivity index (χ4v) is 6.00. The van der Waals surface area contributed by atoms with Gasteiger partial charge in [-0.2, -0.15) is 0 Å². The molecule has 1 amide bonds. The first-order valence-electron chi connectivity index (χ1n) is 10.7. The maximum Gasteiger partial charge on any atom is 0.241 e. The van der Waals surface area contributed by atoms with Crippen LogP contribution in [0.3, 0.4) is 0 Å². The summed E-state index contributed by atoms with van der Waals surface area (Å²) in [6, 6.07) is 18.1. The van der Waals surface area contributed by atoms with Crippen molar-refractivity contribution in [1.29, 1.82) is 0 Å². The molecular formula is C26H28N2O3S. The number of amides is 1. The zero-order chi connectivity index (χ0) is 23.0. The van der Waals surface area contributed by atoms with Crippen molar-refractivity contribution >= 4 is 15.9 Å². The zero-order valence-corrected chi connectivity index (χ0v) is 19.7. The molecule has 4 rings (SSSR count). The van der Waals surface area contributed by atoms with Crippen LogP contribution >= 0.6 is 0 Å². The molecule has 0 bridgehead atoms. The number of nitrogens with one attached hydrogen (secondary N) is 1. The number of sulfonamides is 1. The standard InChI is InChI=1S/C26H28N2O3S/c1-17-13-18(2)20(4)26(19(17)3)32(30,31)27-14-25(29)28-15-21-9-5-7-11-23(21)24-12-8-6-10-22(24)16-28/h5-13,27H,14-16H2,1-4H3. The van der Waals surface area contributed by atoms with Crippen LogP contribution in [0.15, 0.2) is 59.5 Å². The number of rotatable bonds is 4. The van der Waals surface area contributed by atoms with Gasteiger partial charge in [0.1, 0.15) is 0 Å². The van der Waals surface area contributed by atoms with Gasteiger partial charge in [0.15, 0.2) is 0 Å². The lowest BCUT2D eigenvalue weighted by Gasteiger charge is -2.22. The molecule has 1 aliphatic heterocycles. The van der Waals surface area contributed by atoms with Crippen LogP contribution in [0, 0.1) is 27.7 Å². The lowest BCUT2D eigenvalue weighted by molar-refractivity contribution is -0.131. The molecule has 1 heterocycles. The summed E-state index contributed by atoms with van der Waals surface area (Å²) in [6.07, 6.45) is 0. The lowest BCUT2D eigenvalue weighted by atomic mass is 9.97. The van der Waals surface area contributed by atoms with Crippen LogP contribution in [0.5, 0.6) is 0 Å². The second-order valence-electron chi connectivity index (χ2n) is 8.48. The number of carbonyl (C=O) groups excluding carboxylic acids is 1.